The van der Waals surface area contributed by atoms with Crippen LogP contribution in [0.2, 0.25) is 0 Å². The van der Waals surface area contributed by atoms with Crippen molar-refractivity contribution in [2.75, 3.05) is 12.9 Å². The molecule has 126 valence electrons. The van der Waals surface area contributed by atoms with Gasteiger partial charge in [0.05, 0.1) is 30.6 Å². The smallest absolute Gasteiger partial charge is 0.265 e. The second-order valence-electron chi connectivity index (χ2n) is 5.09. The Hall–Kier alpha value is -2.68. The van der Waals surface area contributed by atoms with E-state index in [9.17, 15) is 20.0 Å². The molecule has 1 amide bonds. The fraction of sp³-hybridized carbons (Fsp3) is 0.267. The summed E-state index contributed by atoms with van der Waals surface area (Å²) in [6, 6.07) is 6.12. The molecule has 1 aliphatic heterocycles. The zero-order valence-corrected chi connectivity index (χ0v) is 13.4. The summed E-state index contributed by atoms with van der Waals surface area (Å²) in [5.74, 6) is -0.136. The molecule has 2 heterocycles. The molecule has 1 aromatic carbocycles. The normalized spacial score (nSPS) is 17.3. The predicted octanol–water partition coefficient (Wildman–Crippen LogP) is 2.04. The number of benzene rings is 1. The van der Waals surface area contributed by atoms with Crippen molar-refractivity contribution in [3.63, 3.8) is 0 Å². The number of carbonyl (C=O) groups is 1. The largest absolute Gasteiger partial charge is 0.865 e. The van der Waals surface area contributed by atoms with Gasteiger partial charge in [-0.1, -0.05) is 0 Å². The second kappa shape index (κ2) is 6.44. The van der Waals surface area contributed by atoms with Crippen molar-refractivity contribution in [3.05, 3.63) is 52.0 Å². The van der Waals surface area contributed by atoms with Crippen molar-refractivity contribution < 1.29 is 24.0 Å². The van der Waals surface area contributed by atoms with Gasteiger partial charge >= 0.3 is 0 Å². The maximum absolute atomic E-state index is 12.2. The molecule has 1 saturated heterocycles. The van der Waals surface area contributed by atoms with E-state index >= 15 is 0 Å². The standard InChI is InChI=1S/C15H14N2O6S/c1-22-12-6-9(5-11(14(12)19)17(20)21)15-16(13(18)8-24-15)7-10-3-2-4-23-10/h2-6,15,19H,7-8H2,1H3/p-1/t15-/m0/s1. The van der Waals surface area contributed by atoms with Gasteiger partial charge in [0.1, 0.15) is 16.9 Å². The molecule has 0 unspecified atom stereocenters. The molecular formula is C15H13N2O6S-. The summed E-state index contributed by atoms with van der Waals surface area (Å²) in [4.78, 5) is 24.1. The monoisotopic (exact) mass is 349 g/mol. The van der Waals surface area contributed by atoms with Gasteiger partial charge in [-0.05, 0) is 23.8 Å². The highest BCUT2D eigenvalue weighted by Crippen LogP contribution is 2.44. The van der Waals surface area contributed by atoms with E-state index in [0.29, 0.717) is 11.3 Å². The highest BCUT2D eigenvalue weighted by Gasteiger charge is 2.34. The average molecular weight is 349 g/mol. The average Bonchev–Trinajstić information content (AvgIpc) is 3.19. The van der Waals surface area contributed by atoms with Crippen molar-refractivity contribution in [3.8, 4) is 11.5 Å². The first-order chi connectivity index (χ1) is 11.5. The lowest BCUT2D eigenvalue weighted by Gasteiger charge is -2.24. The Balaban J connectivity index is 1.98. The number of hydrogen-bond acceptors (Lipinski definition) is 7. The number of hydrogen-bond donors (Lipinski definition) is 0. The van der Waals surface area contributed by atoms with Gasteiger partial charge < -0.3 is 19.2 Å². The van der Waals surface area contributed by atoms with Gasteiger partial charge in [0.2, 0.25) is 5.91 Å². The zero-order valence-electron chi connectivity index (χ0n) is 12.6. The van der Waals surface area contributed by atoms with Crippen LogP contribution in [0.3, 0.4) is 0 Å². The first-order valence-corrected chi connectivity index (χ1v) is 8.03. The van der Waals surface area contributed by atoms with E-state index in [-0.39, 0.29) is 24.0 Å². The van der Waals surface area contributed by atoms with Crippen molar-refractivity contribution in [1.29, 1.82) is 0 Å². The van der Waals surface area contributed by atoms with E-state index in [1.54, 1.807) is 17.0 Å². The highest BCUT2D eigenvalue weighted by molar-refractivity contribution is 8.00. The third-order valence-corrected chi connectivity index (χ3v) is 4.89. The predicted molar refractivity (Wildman–Crippen MR) is 83.6 cm³/mol. The third kappa shape index (κ3) is 2.90. The van der Waals surface area contributed by atoms with Crippen molar-refractivity contribution >= 4 is 23.4 Å². The summed E-state index contributed by atoms with van der Waals surface area (Å²) in [6.07, 6.45) is 1.51. The molecule has 0 aliphatic carbocycles. The third-order valence-electron chi connectivity index (χ3n) is 3.63. The quantitative estimate of drug-likeness (QED) is 0.600. The Kier molecular flexibility index (Phi) is 4.34. The van der Waals surface area contributed by atoms with Crippen LogP contribution in [0, 0.1) is 10.1 Å². The van der Waals surface area contributed by atoms with Gasteiger partial charge in [-0.2, -0.15) is 0 Å². The lowest BCUT2D eigenvalue weighted by atomic mass is 10.1. The van der Waals surface area contributed by atoms with Gasteiger partial charge in [0.15, 0.2) is 0 Å². The number of thioether (sulfide) groups is 1. The Labute approximate surface area is 141 Å². The Morgan fingerprint density at radius 3 is 2.92 bits per heavy atom. The molecule has 0 N–H and O–H groups in total. The number of ether oxygens (including phenoxy) is 1. The van der Waals surface area contributed by atoms with Crippen LogP contribution in [0.1, 0.15) is 16.7 Å². The molecule has 3 rings (SSSR count). The van der Waals surface area contributed by atoms with Crippen molar-refractivity contribution in [2.24, 2.45) is 0 Å². The number of furan rings is 1. The van der Waals surface area contributed by atoms with Crippen LogP contribution in [-0.4, -0.2) is 28.6 Å². The van der Waals surface area contributed by atoms with Gasteiger partial charge in [0, 0.05) is 11.8 Å². The SMILES string of the molecule is COc1cc([C@@H]2SCC(=O)N2Cc2ccco2)cc([N+](=O)[O-])c1[O-]. The Bertz CT molecular complexity index is 777. The summed E-state index contributed by atoms with van der Waals surface area (Å²) in [5, 5.41) is 22.6. The van der Waals surface area contributed by atoms with Crippen LogP contribution in [-0.2, 0) is 11.3 Å². The number of rotatable bonds is 5. The van der Waals surface area contributed by atoms with Gasteiger partial charge in [-0.25, -0.2) is 0 Å². The van der Waals surface area contributed by atoms with E-state index < -0.39 is 21.7 Å². The van der Waals surface area contributed by atoms with E-state index in [1.165, 1.54) is 37.3 Å². The van der Waals surface area contributed by atoms with Crippen molar-refractivity contribution in [1.82, 2.24) is 4.90 Å². The van der Waals surface area contributed by atoms with Crippen LogP contribution >= 0.6 is 11.8 Å². The molecule has 8 nitrogen and oxygen atoms in total. The molecule has 0 bridgehead atoms. The summed E-state index contributed by atoms with van der Waals surface area (Å²) in [5.41, 5.74) is -0.0946. The minimum absolute atomic E-state index is 0.103. The molecule has 0 saturated carbocycles. The van der Waals surface area contributed by atoms with Crippen LogP contribution in [0.4, 0.5) is 5.69 Å². The van der Waals surface area contributed by atoms with Crippen LogP contribution in [0.25, 0.3) is 0 Å². The van der Waals surface area contributed by atoms with Crippen LogP contribution in [0.5, 0.6) is 11.5 Å². The second-order valence-corrected chi connectivity index (χ2v) is 6.16. The van der Waals surface area contributed by atoms with E-state index in [0.717, 1.165) is 0 Å². The number of carbonyl (C=O) groups excluding carboxylic acids is 1. The van der Waals surface area contributed by atoms with Crippen LogP contribution < -0.4 is 9.84 Å². The molecule has 24 heavy (non-hydrogen) atoms. The summed E-state index contributed by atoms with van der Waals surface area (Å²) >= 11 is 1.33. The topological polar surface area (TPSA) is 109 Å². The molecule has 9 heteroatoms. The number of nitrogens with zero attached hydrogens (tertiary/aromatic N) is 2. The molecule has 0 spiro atoms. The molecule has 0 radical (unpaired) electrons. The molecule has 1 atom stereocenters. The molecule has 2 aromatic rings. The maximum Gasteiger partial charge on any atom is 0.265 e. The maximum atomic E-state index is 12.2. The first kappa shape index (κ1) is 16.2. The minimum Gasteiger partial charge on any atom is -0.865 e. The van der Waals surface area contributed by atoms with E-state index in [4.69, 9.17) is 9.15 Å². The van der Waals surface area contributed by atoms with E-state index in [2.05, 4.69) is 0 Å². The minimum atomic E-state index is -0.779. The lowest BCUT2D eigenvalue weighted by Crippen LogP contribution is -2.27. The molecule has 1 fully saturated rings. The number of nitro benzene ring substituents is 1. The van der Waals surface area contributed by atoms with Gasteiger partial charge in [-0.3, -0.25) is 14.9 Å². The highest BCUT2D eigenvalue weighted by atomic mass is 32.2. The van der Waals surface area contributed by atoms with Gasteiger partial charge in [0.25, 0.3) is 5.69 Å². The van der Waals surface area contributed by atoms with E-state index in [1.807, 2.05) is 0 Å². The summed E-state index contributed by atoms with van der Waals surface area (Å²) in [7, 11) is 1.28. The zero-order chi connectivity index (χ0) is 17.3. The number of methoxy groups -OCH3 is 1. The summed E-state index contributed by atoms with van der Waals surface area (Å²) in [6.45, 7) is 0.249. The Morgan fingerprint density at radius 1 is 1.50 bits per heavy atom. The Morgan fingerprint density at radius 2 is 2.29 bits per heavy atom. The fourth-order valence-electron chi connectivity index (χ4n) is 2.51. The number of nitro groups is 1. The lowest BCUT2D eigenvalue weighted by molar-refractivity contribution is -0.398. The molecular weight excluding hydrogens is 336 g/mol. The molecule has 1 aromatic heterocycles. The van der Waals surface area contributed by atoms with Gasteiger partial charge in [-0.15, -0.1) is 11.8 Å². The van der Waals surface area contributed by atoms with Crippen LogP contribution in [0.15, 0.2) is 34.9 Å². The fourth-order valence-corrected chi connectivity index (χ4v) is 3.68. The molecule has 1 aliphatic rings. The first-order valence-electron chi connectivity index (χ1n) is 6.98. The number of amides is 1. The summed E-state index contributed by atoms with van der Waals surface area (Å²) < 4.78 is 10.2. The van der Waals surface area contributed by atoms with Crippen molar-refractivity contribution in [2.45, 2.75) is 11.9 Å².